The Balaban J connectivity index is 2.03. The first-order valence-electron chi connectivity index (χ1n) is 7.56. The molecular weight excluding hydrogens is 248 g/mol. The van der Waals surface area contributed by atoms with Crippen LogP contribution in [-0.2, 0) is 4.79 Å². The number of nitrogens with one attached hydrogen (secondary N) is 1. The average Bonchev–Trinajstić information content (AvgIpc) is 2.38. The third-order valence-electron chi connectivity index (χ3n) is 4.53. The molecule has 2 rings (SSSR count). The Bertz CT molecular complexity index is 462. The van der Waals surface area contributed by atoms with Gasteiger partial charge in [0.1, 0.15) is 0 Å². The molecule has 0 spiro atoms. The third-order valence-corrected chi connectivity index (χ3v) is 4.53. The molecule has 0 aromatic heterocycles. The number of carbonyl (C=O) groups is 1. The smallest absolute Gasteiger partial charge is 0.228 e. The summed E-state index contributed by atoms with van der Waals surface area (Å²) in [5.74, 6) is 0.271. The van der Waals surface area contributed by atoms with Gasteiger partial charge in [-0.3, -0.25) is 4.79 Å². The van der Waals surface area contributed by atoms with E-state index in [9.17, 15) is 4.79 Å². The number of benzene rings is 1. The van der Waals surface area contributed by atoms with Crippen molar-refractivity contribution >= 4 is 11.6 Å². The van der Waals surface area contributed by atoms with Crippen molar-refractivity contribution in [3.8, 4) is 0 Å². The van der Waals surface area contributed by atoms with Gasteiger partial charge in [-0.2, -0.15) is 0 Å². The molecule has 0 radical (unpaired) electrons. The van der Waals surface area contributed by atoms with Gasteiger partial charge >= 0.3 is 0 Å². The van der Waals surface area contributed by atoms with Gasteiger partial charge in [-0.15, -0.1) is 0 Å². The maximum absolute atomic E-state index is 12.5. The second kappa shape index (κ2) is 5.96. The number of rotatable bonds is 3. The summed E-state index contributed by atoms with van der Waals surface area (Å²) in [6, 6.07) is 7.86. The van der Waals surface area contributed by atoms with Crippen LogP contribution < -0.4 is 11.1 Å². The molecule has 20 heavy (non-hydrogen) atoms. The molecular formula is C17H26N2O. The van der Waals surface area contributed by atoms with Gasteiger partial charge in [-0.1, -0.05) is 38.8 Å². The molecule has 0 saturated heterocycles. The Morgan fingerprint density at radius 3 is 2.50 bits per heavy atom. The van der Waals surface area contributed by atoms with Crippen LogP contribution in [0, 0.1) is 11.3 Å². The van der Waals surface area contributed by atoms with Crippen LogP contribution in [0.25, 0.3) is 0 Å². The molecule has 110 valence electrons. The summed E-state index contributed by atoms with van der Waals surface area (Å²) in [7, 11) is 0. The summed E-state index contributed by atoms with van der Waals surface area (Å²) in [6.45, 7) is 6.36. The first-order valence-corrected chi connectivity index (χ1v) is 7.56. The average molecular weight is 274 g/mol. The van der Waals surface area contributed by atoms with E-state index in [2.05, 4.69) is 19.2 Å². The van der Waals surface area contributed by atoms with Crippen molar-refractivity contribution < 1.29 is 4.79 Å². The molecule has 0 bridgehead atoms. The zero-order valence-electron chi connectivity index (χ0n) is 12.8. The predicted molar refractivity (Wildman–Crippen MR) is 83.4 cm³/mol. The largest absolute Gasteiger partial charge is 0.326 e. The van der Waals surface area contributed by atoms with Crippen molar-refractivity contribution in [3.05, 3.63) is 29.8 Å². The van der Waals surface area contributed by atoms with Crippen molar-refractivity contribution in [1.82, 2.24) is 0 Å². The fraction of sp³-hybridized carbons (Fsp3) is 0.588. The lowest BCUT2D eigenvalue weighted by Gasteiger charge is -2.37. The first-order chi connectivity index (χ1) is 9.40. The lowest BCUT2D eigenvalue weighted by molar-refractivity contribution is -0.124. The standard InChI is InChI=1S/C17H26N2O/c1-12(18)13-7-9-14(10-8-13)19-16(20)15-6-4-5-11-17(15,2)3/h7-10,12,15H,4-6,11,18H2,1-3H3,(H,19,20). The predicted octanol–water partition coefficient (Wildman–Crippen LogP) is 3.86. The van der Waals surface area contributed by atoms with E-state index in [4.69, 9.17) is 5.73 Å². The summed E-state index contributed by atoms with van der Waals surface area (Å²) in [4.78, 5) is 12.5. The Morgan fingerprint density at radius 1 is 1.30 bits per heavy atom. The minimum Gasteiger partial charge on any atom is -0.326 e. The van der Waals surface area contributed by atoms with Gasteiger partial charge in [0.25, 0.3) is 0 Å². The summed E-state index contributed by atoms with van der Waals surface area (Å²) in [6.07, 6.45) is 4.52. The van der Waals surface area contributed by atoms with Crippen molar-refractivity contribution in [2.24, 2.45) is 17.1 Å². The number of hydrogen-bond acceptors (Lipinski definition) is 2. The minimum absolute atomic E-state index is 0.0250. The van der Waals surface area contributed by atoms with Crippen molar-refractivity contribution in [1.29, 1.82) is 0 Å². The van der Waals surface area contributed by atoms with Crippen LogP contribution in [0.3, 0.4) is 0 Å². The van der Waals surface area contributed by atoms with E-state index >= 15 is 0 Å². The summed E-state index contributed by atoms with van der Waals surface area (Å²) in [5.41, 5.74) is 7.88. The Morgan fingerprint density at radius 2 is 1.95 bits per heavy atom. The molecule has 1 aliphatic carbocycles. The molecule has 1 amide bonds. The Hall–Kier alpha value is -1.35. The van der Waals surface area contributed by atoms with Gasteiger partial charge in [-0.25, -0.2) is 0 Å². The van der Waals surface area contributed by atoms with Gasteiger partial charge in [0.15, 0.2) is 0 Å². The van der Waals surface area contributed by atoms with Crippen LogP contribution >= 0.6 is 0 Å². The zero-order chi connectivity index (χ0) is 14.8. The van der Waals surface area contributed by atoms with Crippen molar-refractivity contribution in [2.45, 2.75) is 52.5 Å². The van der Waals surface area contributed by atoms with Crippen LogP contribution in [-0.4, -0.2) is 5.91 Å². The quantitative estimate of drug-likeness (QED) is 0.879. The molecule has 2 unspecified atom stereocenters. The van der Waals surface area contributed by atoms with E-state index in [-0.39, 0.29) is 23.3 Å². The van der Waals surface area contributed by atoms with Crippen LogP contribution in [0.2, 0.25) is 0 Å². The van der Waals surface area contributed by atoms with Crippen LogP contribution in [0.4, 0.5) is 5.69 Å². The summed E-state index contributed by atoms with van der Waals surface area (Å²) >= 11 is 0. The fourth-order valence-corrected chi connectivity index (χ4v) is 3.08. The molecule has 3 heteroatoms. The number of hydrogen-bond donors (Lipinski definition) is 2. The Kier molecular flexibility index (Phi) is 4.48. The number of amides is 1. The molecule has 1 aromatic carbocycles. The van der Waals surface area contributed by atoms with E-state index in [0.29, 0.717) is 0 Å². The van der Waals surface area contributed by atoms with Gasteiger partial charge < -0.3 is 11.1 Å². The lowest BCUT2D eigenvalue weighted by Crippen LogP contribution is -2.37. The van der Waals surface area contributed by atoms with E-state index < -0.39 is 0 Å². The molecule has 2 atom stereocenters. The highest BCUT2D eigenvalue weighted by molar-refractivity contribution is 5.93. The molecule has 1 aliphatic rings. The highest BCUT2D eigenvalue weighted by Crippen LogP contribution is 2.41. The molecule has 1 fully saturated rings. The molecule has 3 nitrogen and oxygen atoms in total. The van der Waals surface area contributed by atoms with Crippen LogP contribution in [0.1, 0.15) is 58.1 Å². The van der Waals surface area contributed by atoms with Gasteiger partial charge in [0.2, 0.25) is 5.91 Å². The zero-order valence-corrected chi connectivity index (χ0v) is 12.8. The maximum atomic E-state index is 12.5. The van der Waals surface area contributed by atoms with Gasteiger partial charge in [0, 0.05) is 17.6 Å². The molecule has 3 N–H and O–H groups in total. The van der Waals surface area contributed by atoms with Crippen LogP contribution in [0.5, 0.6) is 0 Å². The topological polar surface area (TPSA) is 55.1 Å². The van der Waals surface area contributed by atoms with Crippen molar-refractivity contribution in [3.63, 3.8) is 0 Å². The molecule has 0 aliphatic heterocycles. The minimum atomic E-state index is 0.0250. The highest BCUT2D eigenvalue weighted by atomic mass is 16.1. The van der Waals surface area contributed by atoms with Crippen molar-refractivity contribution in [2.75, 3.05) is 5.32 Å². The lowest BCUT2D eigenvalue weighted by atomic mass is 9.68. The SMILES string of the molecule is CC(N)c1ccc(NC(=O)C2CCCCC2(C)C)cc1. The van der Waals surface area contributed by atoms with Gasteiger partial charge in [0.05, 0.1) is 0 Å². The van der Waals surface area contributed by atoms with E-state index in [1.807, 2.05) is 31.2 Å². The van der Waals surface area contributed by atoms with Crippen LogP contribution in [0.15, 0.2) is 24.3 Å². The maximum Gasteiger partial charge on any atom is 0.228 e. The molecule has 1 saturated carbocycles. The number of nitrogens with two attached hydrogens (primary N) is 1. The molecule has 1 aromatic rings. The number of anilines is 1. The second-order valence-electron chi connectivity index (χ2n) is 6.69. The normalized spacial score (nSPS) is 23.1. The third kappa shape index (κ3) is 3.40. The molecule has 0 heterocycles. The van der Waals surface area contributed by atoms with E-state index in [0.717, 1.165) is 30.5 Å². The Labute approximate surface area is 121 Å². The van der Waals surface area contributed by atoms with E-state index in [1.165, 1.54) is 6.42 Å². The van der Waals surface area contributed by atoms with Gasteiger partial charge in [-0.05, 0) is 42.9 Å². The highest BCUT2D eigenvalue weighted by Gasteiger charge is 2.37. The van der Waals surface area contributed by atoms with E-state index in [1.54, 1.807) is 0 Å². The number of carbonyl (C=O) groups excluding carboxylic acids is 1. The summed E-state index contributed by atoms with van der Waals surface area (Å²) in [5, 5.41) is 3.05. The second-order valence-corrected chi connectivity index (χ2v) is 6.69. The summed E-state index contributed by atoms with van der Waals surface area (Å²) < 4.78 is 0. The fourth-order valence-electron chi connectivity index (χ4n) is 3.08. The first kappa shape index (κ1) is 15.0. The monoisotopic (exact) mass is 274 g/mol.